The maximum atomic E-state index is 12.3. The topological polar surface area (TPSA) is 119 Å². The molecule has 0 saturated heterocycles. The highest BCUT2D eigenvalue weighted by Gasteiger charge is 2.22. The number of carbonyl (C=O) groups excluding carboxylic acids is 2. The van der Waals surface area contributed by atoms with E-state index < -0.39 is 32.5 Å². The van der Waals surface area contributed by atoms with Crippen molar-refractivity contribution in [3.05, 3.63) is 48.6 Å². The molecule has 0 aromatic carbocycles. The van der Waals surface area contributed by atoms with Gasteiger partial charge in [-0.25, -0.2) is 4.57 Å². The third-order valence-electron chi connectivity index (χ3n) is 7.64. The van der Waals surface area contributed by atoms with E-state index in [0.29, 0.717) is 12.8 Å². The maximum absolute atomic E-state index is 12.3. The molecule has 0 aliphatic rings. The molecule has 0 saturated carbocycles. The summed E-state index contributed by atoms with van der Waals surface area (Å²) in [5.41, 5.74) is 0. The summed E-state index contributed by atoms with van der Waals surface area (Å²) >= 11 is 0. The predicted molar refractivity (Wildman–Crippen MR) is 193 cm³/mol. The van der Waals surface area contributed by atoms with Gasteiger partial charge in [-0.05, 0) is 57.8 Å². The second-order valence-electron chi connectivity index (χ2n) is 12.2. The molecule has 0 aliphatic carbocycles. The summed E-state index contributed by atoms with van der Waals surface area (Å²) in [6.07, 6.45) is 39.8. The second kappa shape index (κ2) is 33.9. The molecule has 0 spiro atoms. The molecule has 2 N–H and O–H groups in total. The van der Waals surface area contributed by atoms with Crippen molar-refractivity contribution < 1.29 is 37.9 Å². The number of rotatable bonds is 33. The van der Waals surface area contributed by atoms with Crippen LogP contribution in [0.15, 0.2) is 48.6 Å². The summed E-state index contributed by atoms with van der Waals surface area (Å²) in [6, 6.07) is 0. The van der Waals surface area contributed by atoms with Crippen LogP contribution >= 0.6 is 7.82 Å². The minimum atomic E-state index is -4.76. The summed E-state index contributed by atoms with van der Waals surface area (Å²) in [4.78, 5) is 42.6. The molecule has 1 atom stereocenters. The highest BCUT2D eigenvalue weighted by atomic mass is 31.2. The number of hydrogen-bond acceptors (Lipinski definition) is 6. The summed E-state index contributed by atoms with van der Waals surface area (Å²) < 4.78 is 26.2. The van der Waals surface area contributed by atoms with E-state index in [9.17, 15) is 14.2 Å². The predicted octanol–water partition coefficient (Wildman–Crippen LogP) is 10.8. The fourth-order valence-corrected chi connectivity index (χ4v) is 5.26. The molecule has 0 radical (unpaired) electrons. The van der Waals surface area contributed by atoms with Crippen LogP contribution in [0.4, 0.5) is 0 Å². The molecule has 0 rings (SSSR count). The van der Waals surface area contributed by atoms with E-state index in [1.165, 1.54) is 51.4 Å². The first-order valence-electron chi connectivity index (χ1n) is 18.5. The van der Waals surface area contributed by atoms with Gasteiger partial charge in [0.2, 0.25) is 0 Å². The molecule has 47 heavy (non-hydrogen) atoms. The number of hydrogen-bond donors (Lipinski definition) is 2. The molecular weight excluding hydrogens is 615 g/mol. The van der Waals surface area contributed by atoms with Crippen LogP contribution < -0.4 is 0 Å². The van der Waals surface area contributed by atoms with Crippen LogP contribution in [0, 0.1) is 0 Å². The van der Waals surface area contributed by atoms with E-state index in [2.05, 4.69) is 48.8 Å². The summed E-state index contributed by atoms with van der Waals surface area (Å²) in [5, 5.41) is 0. The molecule has 0 aromatic heterocycles. The first kappa shape index (κ1) is 45.0. The Labute approximate surface area is 286 Å². The van der Waals surface area contributed by atoms with E-state index in [0.717, 1.165) is 70.6 Å². The summed E-state index contributed by atoms with van der Waals surface area (Å²) in [6.45, 7) is 3.51. The quantitative estimate of drug-likeness (QED) is 0.0231. The van der Waals surface area contributed by atoms with E-state index in [1.807, 2.05) is 18.2 Å². The first-order chi connectivity index (χ1) is 22.8. The zero-order chi connectivity index (χ0) is 34.7. The van der Waals surface area contributed by atoms with Crippen LogP contribution in [0.25, 0.3) is 0 Å². The van der Waals surface area contributed by atoms with Crippen molar-refractivity contribution in [1.29, 1.82) is 0 Å². The van der Waals surface area contributed by atoms with Gasteiger partial charge in [0.15, 0.2) is 6.10 Å². The van der Waals surface area contributed by atoms with Gasteiger partial charge < -0.3 is 19.3 Å². The SMILES string of the molecule is CC/C=C/C=C/C=C/CCCCCCCC(=O)OC(COC(=O)CCCCCCC/C=C/CCCCCCCCC)COP(=O)(O)O. The van der Waals surface area contributed by atoms with Crippen molar-refractivity contribution >= 4 is 19.8 Å². The minimum Gasteiger partial charge on any atom is -0.462 e. The van der Waals surface area contributed by atoms with E-state index in [4.69, 9.17) is 19.3 Å². The average molecular weight is 683 g/mol. The second-order valence-corrected chi connectivity index (χ2v) is 13.5. The van der Waals surface area contributed by atoms with Crippen LogP contribution in [0.1, 0.15) is 162 Å². The van der Waals surface area contributed by atoms with E-state index in [-0.39, 0.29) is 19.4 Å². The van der Waals surface area contributed by atoms with Crippen LogP contribution in [0.5, 0.6) is 0 Å². The Kier molecular flexibility index (Phi) is 32.5. The summed E-state index contributed by atoms with van der Waals surface area (Å²) in [7, 11) is -4.76. The molecule has 272 valence electrons. The molecule has 1 unspecified atom stereocenters. The van der Waals surface area contributed by atoms with Crippen LogP contribution in [-0.4, -0.2) is 41.0 Å². The Morgan fingerprint density at radius 1 is 0.574 bits per heavy atom. The molecule has 0 aliphatic heterocycles. The molecule has 0 heterocycles. The molecule has 0 aromatic rings. The van der Waals surface area contributed by atoms with Crippen molar-refractivity contribution in [2.24, 2.45) is 0 Å². The molecule has 9 heteroatoms. The van der Waals surface area contributed by atoms with Gasteiger partial charge in [-0.2, -0.15) is 0 Å². The molecule has 0 fully saturated rings. The third kappa shape index (κ3) is 36.7. The van der Waals surface area contributed by atoms with E-state index >= 15 is 0 Å². The number of phosphoric ester groups is 1. The van der Waals surface area contributed by atoms with Crippen LogP contribution in [-0.2, 0) is 28.2 Å². The highest BCUT2D eigenvalue weighted by molar-refractivity contribution is 7.46. The molecular formula is C38H67O8P. The molecule has 0 bridgehead atoms. The number of carbonyl (C=O) groups is 2. The lowest BCUT2D eigenvalue weighted by molar-refractivity contribution is -0.161. The fourth-order valence-electron chi connectivity index (χ4n) is 4.90. The van der Waals surface area contributed by atoms with Crippen LogP contribution in [0.3, 0.4) is 0 Å². The van der Waals surface area contributed by atoms with Gasteiger partial charge >= 0.3 is 19.8 Å². The van der Waals surface area contributed by atoms with Gasteiger partial charge in [0.25, 0.3) is 0 Å². The maximum Gasteiger partial charge on any atom is 0.469 e. The Morgan fingerprint density at radius 3 is 1.57 bits per heavy atom. The largest absolute Gasteiger partial charge is 0.469 e. The Balaban J connectivity index is 4.01. The van der Waals surface area contributed by atoms with Gasteiger partial charge in [0, 0.05) is 12.8 Å². The zero-order valence-electron chi connectivity index (χ0n) is 29.7. The minimum absolute atomic E-state index is 0.186. The van der Waals surface area contributed by atoms with Gasteiger partial charge in [-0.3, -0.25) is 14.1 Å². The number of allylic oxidation sites excluding steroid dienone is 8. The lowest BCUT2D eigenvalue weighted by Gasteiger charge is -2.18. The van der Waals surface area contributed by atoms with Gasteiger partial charge in [-0.15, -0.1) is 0 Å². The number of phosphoric acid groups is 1. The molecule has 8 nitrogen and oxygen atoms in total. The third-order valence-corrected chi connectivity index (χ3v) is 8.13. The van der Waals surface area contributed by atoms with Gasteiger partial charge in [0.05, 0.1) is 6.61 Å². The summed E-state index contributed by atoms with van der Waals surface area (Å²) in [5.74, 6) is -0.922. The van der Waals surface area contributed by atoms with Gasteiger partial charge in [-0.1, -0.05) is 140 Å². The molecule has 0 amide bonds. The Morgan fingerprint density at radius 2 is 1.04 bits per heavy atom. The number of esters is 2. The van der Waals surface area contributed by atoms with Crippen molar-refractivity contribution in [1.82, 2.24) is 0 Å². The number of ether oxygens (including phenoxy) is 2. The zero-order valence-corrected chi connectivity index (χ0v) is 30.6. The van der Waals surface area contributed by atoms with Crippen molar-refractivity contribution in [3.8, 4) is 0 Å². The van der Waals surface area contributed by atoms with Crippen molar-refractivity contribution in [2.75, 3.05) is 13.2 Å². The highest BCUT2D eigenvalue weighted by Crippen LogP contribution is 2.36. The standard InChI is InChI=1S/C38H67O8P/c1-3-5-7-9-11-13-15-17-18-19-21-22-24-26-28-30-32-37(39)44-34-36(35-45-47(41,42)43)46-38(40)33-31-29-27-25-23-20-16-14-12-10-8-6-4-2/h6,8,10,12,14,16,18-19,36H,3-5,7,9,11,13,15,17,20-35H2,1-2H3,(H2,41,42,43)/b8-6+,12-10+,16-14+,19-18+. The number of unbranched alkanes of at least 4 members (excludes halogenated alkanes) is 17. The normalized spacial score (nSPS) is 13.0. The monoisotopic (exact) mass is 682 g/mol. The fraction of sp³-hybridized carbons (Fsp3) is 0.737. The average Bonchev–Trinajstić information content (AvgIpc) is 3.03. The van der Waals surface area contributed by atoms with Crippen molar-refractivity contribution in [2.45, 2.75) is 168 Å². The van der Waals surface area contributed by atoms with E-state index in [1.54, 1.807) is 0 Å². The van der Waals surface area contributed by atoms with Crippen LogP contribution in [0.2, 0.25) is 0 Å². The van der Waals surface area contributed by atoms with Crippen molar-refractivity contribution in [3.63, 3.8) is 0 Å². The lowest BCUT2D eigenvalue weighted by Crippen LogP contribution is -2.29. The Bertz CT molecular complexity index is 905. The smallest absolute Gasteiger partial charge is 0.462 e. The van der Waals surface area contributed by atoms with Gasteiger partial charge in [0.1, 0.15) is 6.61 Å². The lowest BCUT2D eigenvalue weighted by atomic mass is 10.1. The Hall–Kier alpha value is -1.99. The first-order valence-corrected chi connectivity index (χ1v) is 20.0.